The highest BCUT2D eigenvalue weighted by molar-refractivity contribution is 6.73. The summed E-state index contributed by atoms with van der Waals surface area (Å²) in [5, 5.41) is 8.40. The van der Waals surface area contributed by atoms with E-state index in [1.807, 2.05) is 0 Å². The summed E-state index contributed by atoms with van der Waals surface area (Å²) in [4.78, 5) is 10.3. The molecule has 0 atom stereocenters. The number of benzene rings is 1. The summed E-state index contributed by atoms with van der Waals surface area (Å²) in [6.45, 7) is 9.98. The third-order valence-corrected chi connectivity index (χ3v) is 5.48. The van der Waals surface area contributed by atoms with Gasteiger partial charge in [0, 0.05) is 0 Å². The minimum atomic E-state index is -5.03. The van der Waals surface area contributed by atoms with E-state index in [9.17, 15) is 17.7 Å². The molecule has 0 radical (unpaired) electrons. The van der Waals surface area contributed by atoms with Crippen molar-refractivity contribution in [3.05, 3.63) is 29.8 Å². The van der Waals surface area contributed by atoms with Gasteiger partial charge in [-0.1, -0.05) is 77.6 Å². The Morgan fingerprint density at radius 1 is 0.767 bits per heavy atom. The van der Waals surface area contributed by atoms with Gasteiger partial charge in [-0.05, 0) is 25.7 Å². The normalized spacial score (nSPS) is 11.7. The fourth-order valence-corrected chi connectivity index (χ4v) is 3.49. The third kappa shape index (κ3) is 11.6. The van der Waals surface area contributed by atoms with E-state index in [4.69, 9.17) is 5.11 Å². The first-order chi connectivity index (χ1) is 14.2. The molecule has 1 N–H and O–H groups in total. The second-order valence-electron chi connectivity index (χ2n) is 8.15. The van der Waals surface area contributed by atoms with Crippen molar-refractivity contribution in [1.82, 2.24) is 0 Å². The number of carboxylic acid groups (broad SMARTS) is 1. The highest BCUT2D eigenvalue weighted by atomic mass is 19.4. The molecule has 0 bridgehead atoms. The Labute approximate surface area is 181 Å². The van der Waals surface area contributed by atoms with Gasteiger partial charge < -0.3 is 22.5 Å². The Balaban J connectivity index is 0.000000579. The van der Waals surface area contributed by atoms with E-state index in [1.54, 1.807) is 0 Å². The maximum atomic E-state index is 12.0. The topological polar surface area (TPSA) is 37.3 Å². The van der Waals surface area contributed by atoms with Crippen LogP contribution in [0.5, 0.6) is 0 Å². The van der Waals surface area contributed by atoms with Gasteiger partial charge in [0.05, 0.1) is 31.7 Å². The van der Waals surface area contributed by atoms with Crippen molar-refractivity contribution in [3.63, 3.8) is 0 Å². The van der Waals surface area contributed by atoms with E-state index < -0.39 is 18.4 Å². The van der Waals surface area contributed by atoms with Crippen LogP contribution in [-0.2, 0) is 0 Å². The number of quaternary nitrogens is 1. The minimum absolute atomic E-state index is 0.149. The summed E-state index contributed by atoms with van der Waals surface area (Å²) in [7, 11) is 0. The van der Waals surface area contributed by atoms with Crippen molar-refractivity contribution in [2.75, 3.05) is 26.2 Å². The molecule has 0 fully saturated rings. The molecule has 0 spiro atoms. The third-order valence-electron chi connectivity index (χ3n) is 5.48. The van der Waals surface area contributed by atoms with Gasteiger partial charge in [-0.3, -0.25) is 0 Å². The first-order valence-corrected chi connectivity index (χ1v) is 11.5. The number of carboxylic acids is 1. The van der Waals surface area contributed by atoms with Crippen LogP contribution in [0.15, 0.2) is 24.3 Å². The second kappa shape index (κ2) is 15.3. The lowest BCUT2D eigenvalue weighted by Crippen LogP contribution is -2.50. The zero-order chi connectivity index (χ0) is 23.0. The molecule has 1 rings (SSSR count). The fraction of sp³-hybridized carbons (Fsp3) is 0.696. The molecule has 0 aromatic heterocycles. The number of nitrogens with zero attached hydrogens (tertiary/aromatic N) is 1. The molecule has 0 heterocycles. The molecule has 0 amide bonds. The van der Waals surface area contributed by atoms with Crippen molar-refractivity contribution >= 4 is 18.4 Å². The lowest BCUT2D eigenvalue weighted by molar-refractivity contribution is -0.929. The van der Waals surface area contributed by atoms with Crippen LogP contribution in [0.1, 0.15) is 89.4 Å². The van der Waals surface area contributed by atoms with Gasteiger partial charge in [0.1, 0.15) is 0 Å². The van der Waals surface area contributed by atoms with Crippen LogP contribution in [0, 0.1) is 0 Å². The van der Waals surface area contributed by atoms with Crippen molar-refractivity contribution in [3.8, 4) is 0 Å². The van der Waals surface area contributed by atoms with E-state index in [2.05, 4.69) is 27.7 Å². The number of carbonyl (C=O) groups is 1. The Kier molecular flexibility index (Phi) is 14.6. The molecule has 0 aliphatic heterocycles. The Hall–Kier alpha value is -1.50. The smallest absolute Gasteiger partial charge is 0.478 e. The predicted molar refractivity (Wildman–Crippen MR) is 121 cm³/mol. The molecule has 1 aromatic carbocycles. The molecule has 0 unspecified atom stereocenters. The van der Waals surface area contributed by atoms with Gasteiger partial charge in [-0.25, -0.2) is 4.79 Å². The van der Waals surface area contributed by atoms with Crippen LogP contribution in [0.25, 0.3) is 0 Å². The average molecular weight is 431 g/mol. The Morgan fingerprint density at radius 3 is 1.33 bits per heavy atom. The molecule has 3 nitrogen and oxygen atoms in total. The highest BCUT2D eigenvalue weighted by Gasteiger charge is 2.25. The molecule has 0 aliphatic rings. The maximum absolute atomic E-state index is 12.0. The molecular weight excluding hydrogens is 390 g/mol. The monoisotopic (exact) mass is 431 g/mol. The summed E-state index contributed by atoms with van der Waals surface area (Å²) in [6.07, 6.45) is 11.1. The van der Waals surface area contributed by atoms with E-state index in [0.29, 0.717) is 0 Å². The molecule has 7 heteroatoms. The SMILES string of the molecule is CCCC[N+](CCCC)(CCCC)CCCC.O=C(O)c1ccc([B-](F)(F)F)cc1. The van der Waals surface area contributed by atoms with Crippen LogP contribution in [-0.4, -0.2) is 48.7 Å². The van der Waals surface area contributed by atoms with Gasteiger partial charge in [-0.15, -0.1) is 5.46 Å². The quantitative estimate of drug-likeness (QED) is 0.272. The molecule has 0 saturated carbocycles. The van der Waals surface area contributed by atoms with Crippen LogP contribution >= 0.6 is 0 Å². The zero-order valence-electron chi connectivity index (χ0n) is 19.3. The summed E-state index contributed by atoms with van der Waals surface area (Å²) in [5.41, 5.74) is -0.936. The van der Waals surface area contributed by atoms with Gasteiger partial charge in [0.15, 0.2) is 0 Å². The number of hydrogen-bond donors (Lipinski definition) is 1. The van der Waals surface area contributed by atoms with Crippen LogP contribution in [0.2, 0.25) is 0 Å². The molecule has 1 aromatic rings. The predicted octanol–water partition coefficient (Wildman–Crippen LogP) is 6.44. The van der Waals surface area contributed by atoms with E-state index >= 15 is 0 Å². The van der Waals surface area contributed by atoms with Crippen molar-refractivity contribution in [2.45, 2.75) is 79.1 Å². The standard InChI is InChI=1S/C16H36N.C7H5BF3O2/c1-5-9-13-17(14-10-6-2,15-11-7-3)16-12-8-4;9-8(10,11)6-3-1-5(2-4-6)7(12)13/h5-16H2,1-4H3;1-4H,(H,12,13)/q+1;-1. The second-order valence-corrected chi connectivity index (χ2v) is 8.15. The number of aromatic carboxylic acids is 1. The minimum Gasteiger partial charge on any atom is -0.478 e. The highest BCUT2D eigenvalue weighted by Crippen LogP contribution is 2.16. The number of halogens is 3. The molecule has 0 aliphatic carbocycles. The molecule has 30 heavy (non-hydrogen) atoms. The first-order valence-electron chi connectivity index (χ1n) is 11.5. The van der Waals surface area contributed by atoms with Crippen molar-refractivity contribution in [1.29, 1.82) is 0 Å². The first kappa shape index (κ1) is 28.5. The summed E-state index contributed by atoms with van der Waals surface area (Å²) < 4.78 is 37.5. The Morgan fingerprint density at radius 2 is 1.10 bits per heavy atom. The number of hydrogen-bond acceptors (Lipinski definition) is 1. The maximum Gasteiger partial charge on any atom is 0.509 e. The summed E-state index contributed by atoms with van der Waals surface area (Å²) in [5.74, 6) is -1.23. The van der Waals surface area contributed by atoms with E-state index in [-0.39, 0.29) is 5.56 Å². The van der Waals surface area contributed by atoms with Gasteiger partial charge >= 0.3 is 12.9 Å². The van der Waals surface area contributed by atoms with Gasteiger partial charge in [0.25, 0.3) is 0 Å². The lowest BCUT2D eigenvalue weighted by Gasteiger charge is -2.39. The summed E-state index contributed by atoms with van der Waals surface area (Å²) >= 11 is 0. The fourth-order valence-electron chi connectivity index (χ4n) is 3.49. The van der Waals surface area contributed by atoms with E-state index in [0.717, 1.165) is 24.3 Å². The largest absolute Gasteiger partial charge is 0.509 e. The van der Waals surface area contributed by atoms with Crippen molar-refractivity contribution < 1.29 is 27.3 Å². The van der Waals surface area contributed by atoms with Crippen molar-refractivity contribution in [2.24, 2.45) is 0 Å². The van der Waals surface area contributed by atoms with Crippen LogP contribution < -0.4 is 5.46 Å². The molecular formula is C23H41BF3NO2. The van der Waals surface area contributed by atoms with E-state index in [1.165, 1.54) is 82.0 Å². The number of unbranched alkanes of at least 4 members (excludes halogenated alkanes) is 4. The van der Waals surface area contributed by atoms with Crippen LogP contribution in [0.3, 0.4) is 0 Å². The van der Waals surface area contributed by atoms with Gasteiger partial charge in [-0.2, -0.15) is 0 Å². The lowest BCUT2D eigenvalue weighted by atomic mass is 9.80. The van der Waals surface area contributed by atoms with Crippen LogP contribution in [0.4, 0.5) is 12.9 Å². The molecule has 0 saturated heterocycles. The summed E-state index contributed by atoms with van der Waals surface area (Å²) in [6, 6.07) is 3.41. The van der Waals surface area contributed by atoms with Gasteiger partial charge in [0.2, 0.25) is 0 Å². The molecule has 174 valence electrons. The number of rotatable bonds is 14. The average Bonchev–Trinajstić information content (AvgIpc) is 2.72. The Bertz CT molecular complexity index is 539. The zero-order valence-corrected chi connectivity index (χ0v) is 19.3.